The minimum Gasteiger partial charge on any atom is -0.324 e. The molecule has 5 heteroatoms. The lowest BCUT2D eigenvalue weighted by molar-refractivity contribution is 0.376. The summed E-state index contributed by atoms with van der Waals surface area (Å²) in [6.45, 7) is 1.66. The number of nitriles is 1. The summed E-state index contributed by atoms with van der Waals surface area (Å²) < 4.78 is 10.4. The summed E-state index contributed by atoms with van der Waals surface area (Å²) in [5, 5.41) is 8.22. The van der Waals surface area contributed by atoms with Crippen molar-refractivity contribution < 1.29 is 14.4 Å². The topological polar surface area (TPSA) is 81.3 Å². The molecule has 0 saturated carbocycles. The molecule has 0 saturated heterocycles. The molecule has 0 aromatic rings. The molecule has 0 bridgehead atoms. The summed E-state index contributed by atoms with van der Waals surface area (Å²) in [5.74, 6) is 0. The van der Waals surface area contributed by atoms with Gasteiger partial charge in [0.15, 0.2) is 0 Å². The molecule has 4 nitrogen and oxygen atoms in total. The first-order chi connectivity index (χ1) is 4.99. The second kappa shape index (κ2) is 4.30. The number of allylic oxidation sites excluding steroid dienone is 2. The second-order valence-corrected chi connectivity index (χ2v) is 3.75. The molecule has 0 rings (SSSR count). The number of hydrogen-bond acceptors (Lipinski definition) is 2. The van der Waals surface area contributed by atoms with Crippen molar-refractivity contribution in [3.05, 3.63) is 11.6 Å². The first-order valence-corrected chi connectivity index (χ1v) is 4.85. The highest BCUT2D eigenvalue weighted by Gasteiger charge is 2.14. The van der Waals surface area contributed by atoms with E-state index in [9.17, 15) is 4.57 Å². The first kappa shape index (κ1) is 10.4. The van der Waals surface area contributed by atoms with E-state index >= 15 is 0 Å². The predicted molar refractivity (Wildman–Crippen MR) is 40.9 cm³/mol. The van der Waals surface area contributed by atoms with Gasteiger partial charge in [0, 0.05) is 0 Å². The summed E-state index contributed by atoms with van der Waals surface area (Å²) in [4.78, 5) is 17.0. The molecule has 0 aliphatic rings. The summed E-state index contributed by atoms with van der Waals surface area (Å²) in [5.41, 5.74) is 0.487. The van der Waals surface area contributed by atoms with E-state index in [0.29, 0.717) is 5.57 Å². The third-order valence-electron chi connectivity index (χ3n) is 1.12. The quantitative estimate of drug-likeness (QED) is 0.495. The highest BCUT2D eigenvalue weighted by Crippen LogP contribution is 2.37. The Kier molecular flexibility index (Phi) is 4.06. The Hall–Kier alpha value is -0.620. The molecule has 0 heterocycles. The second-order valence-electron chi connectivity index (χ2n) is 2.10. The van der Waals surface area contributed by atoms with Crippen molar-refractivity contribution in [3.8, 4) is 6.07 Å². The van der Waals surface area contributed by atoms with Crippen LogP contribution in [0.5, 0.6) is 0 Å². The third kappa shape index (κ3) is 5.81. The predicted octanol–water partition coefficient (Wildman–Crippen LogP) is 1.02. The number of hydrogen-bond donors (Lipinski definition) is 2. The Morgan fingerprint density at radius 2 is 2.27 bits per heavy atom. The van der Waals surface area contributed by atoms with Crippen LogP contribution in [0.15, 0.2) is 11.6 Å². The Labute approximate surface area is 65.3 Å². The van der Waals surface area contributed by atoms with E-state index in [0.717, 1.165) is 0 Å². The molecule has 0 aliphatic heterocycles. The van der Waals surface area contributed by atoms with Crippen molar-refractivity contribution in [1.82, 2.24) is 0 Å². The van der Waals surface area contributed by atoms with Crippen LogP contribution in [0.1, 0.15) is 13.3 Å². The van der Waals surface area contributed by atoms with Gasteiger partial charge >= 0.3 is 7.60 Å². The van der Waals surface area contributed by atoms with E-state index < -0.39 is 7.60 Å². The summed E-state index contributed by atoms with van der Waals surface area (Å²) in [6.07, 6.45) is 1.33. The minimum absolute atomic E-state index is 0.0849. The van der Waals surface area contributed by atoms with Crippen LogP contribution in [0.2, 0.25) is 0 Å². The van der Waals surface area contributed by atoms with E-state index in [1.807, 2.05) is 6.07 Å². The van der Waals surface area contributed by atoms with Crippen LogP contribution in [0.25, 0.3) is 0 Å². The Morgan fingerprint density at radius 1 is 1.73 bits per heavy atom. The van der Waals surface area contributed by atoms with Crippen molar-refractivity contribution in [3.63, 3.8) is 0 Å². The molecule has 0 amide bonds. The zero-order chi connectivity index (χ0) is 8.91. The van der Waals surface area contributed by atoms with Crippen molar-refractivity contribution in [2.45, 2.75) is 13.3 Å². The van der Waals surface area contributed by atoms with Crippen molar-refractivity contribution in [2.24, 2.45) is 0 Å². The fourth-order valence-electron chi connectivity index (χ4n) is 0.615. The molecule has 0 aliphatic carbocycles. The van der Waals surface area contributed by atoms with Gasteiger partial charge in [-0.3, -0.25) is 4.57 Å². The van der Waals surface area contributed by atoms with Crippen molar-refractivity contribution in [1.29, 1.82) is 5.26 Å². The molecular formula is C6H10NO3P. The molecule has 0 atom stereocenters. The molecule has 0 fully saturated rings. The van der Waals surface area contributed by atoms with Crippen LogP contribution in [0, 0.1) is 11.3 Å². The van der Waals surface area contributed by atoms with Gasteiger partial charge in [0.05, 0.1) is 18.7 Å². The Bertz CT molecular complexity index is 235. The number of rotatable bonds is 3. The molecule has 0 unspecified atom stereocenters. The minimum atomic E-state index is -3.99. The molecule has 0 spiro atoms. The van der Waals surface area contributed by atoms with Crippen LogP contribution in [-0.4, -0.2) is 15.9 Å². The highest BCUT2D eigenvalue weighted by molar-refractivity contribution is 7.52. The standard InChI is InChI=1S/C6H10NO3P/c1-2-6(3-4-7)5-11(8,9)10/h2H,3,5H2,1H3,(H2,8,9,10)/b6-2-. The maximum absolute atomic E-state index is 10.4. The van der Waals surface area contributed by atoms with Gasteiger partial charge in [0.2, 0.25) is 0 Å². The fraction of sp³-hybridized carbons (Fsp3) is 0.500. The summed E-state index contributed by atoms with van der Waals surface area (Å²) in [6, 6.07) is 1.83. The van der Waals surface area contributed by atoms with E-state index in [1.54, 1.807) is 13.0 Å². The van der Waals surface area contributed by atoms with Gasteiger partial charge in [-0.2, -0.15) is 5.26 Å². The smallest absolute Gasteiger partial charge is 0.324 e. The average Bonchev–Trinajstić information content (AvgIpc) is 1.84. The number of nitrogens with zero attached hydrogens (tertiary/aromatic N) is 1. The van der Waals surface area contributed by atoms with Gasteiger partial charge in [-0.25, -0.2) is 0 Å². The molecule has 2 N–H and O–H groups in total. The maximum atomic E-state index is 10.4. The van der Waals surface area contributed by atoms with Gasteiger partial charge < -0.3 is 9.79 Å². The van der Waals surface area contributed by atoms with Gasteiger partial charge in [-0.15, -0.1) is 0 Å². The maximum Gasteiger partial charge on any atom is 0.329 e. The van der Waals surface area contributed by atoms with Gasteiger partial charge in [0.25, 0.3) is 0 Å². The van der Waals surface area contributed by atoms with Crippen LogP contribution < -0.4 is 0 Å². The molecular weight excluding hydrogens is 165 g/mol. The lowest BCUT2D eigenvalue weighted by atomic mass is 10.2. The van der Waals surface area contributed by atoms with E-state index in [4.69, 9.17) is 15.0 Å². The lowest BCUT2D eigenvalue weighted by Gasteiger charge is -2.03. The summed E-state index contributed by atoms with van der Waals surface area (Å²) in [7, 11) is -3.99. The van der Waals surface area contributed by atoms with E-state index in [2.05, 4.69) is 0 Å². The zero-order valence-electron chi connectivity index (χ0n) is 6.19. The van der Waals surface area contributed by atoms with Crippen LogP contribution >= 0.6 is 7.60 Å². The van der Waals surface area contributed by atoms with Crippen molar-refractivity contribution in [2.75, 3.05) is 6.16 Å². The van der Waals surface area contributed by atoms with Crippen LogP contribution in [0.4, 0.5) is 0 Å². The highest BCUT2D eigenvalue weighted by atomic mass is 31.2. The monoisotopic (exact) mass is 175 g/mol. The first-order valence-electron chi connectivity index (χ1n) is 3.05. The zero-order valence-corrected chi connectivity index (χ0v) is 7.08. The fourth-order valence-corrected chi connectivity index (χ4v) is 1.44. The lowest BCUT2D eigenvalue weighted by Crippen LogP contribution is -1.91. The Morgan fingerprint density at radius 3 is 2.55 bits per heavy atom. The van der Waals surface area contributed by atoms with Gasteiger partial charge in [-0.05, 0) is 12.5 Å². The molecule has 0 radical (unpaired) electrons. The van der Waals surface area contributed by atoms with Crippen LogP contribution in [-0.2, 0) is 4.57 Å². The van der Waals surface area contributed by atoms with Crippen molar-refractivity contribution >= 4 is 7.60 Å². The van der Waals surface area contributed by atoms with Gasteiger partial charge in [-0.1, -0.05) is 6.08 Å². The largest absolute Gasteiger partial charge is 0.329 e. The van der Waals surface area contributed by atoms with E-state index in [-0.39, 0.29) is 12.6 Å². The molecule has 11 heavy (non-hydrogen) atoms. The molecule has 0 aromatic carbocycles. The summed E-state index contributed by atoms with van der Waals surface area (Å²) >= 11 is 0. The normalized spacial score (nSPS) is 12.7. The SMILES string of the molecule is C/C=C(/CC#N)CP(=O)(O)O. The third-order valence-corrected chi connectivity index (χ3v) is 1.94. The molecule has 0 aromatic heterocycles. The van der Waals surface area contributed by atoms with Gasteiger partial charge in [0.1, 0.15) is 0 Å². The molecule has 62 valence electrons. The van der Waals surface area contributed by atoms with Crippen LogP contribution in [0.3, 0.4) is 0 Å². The average molecular weight is 175 g/mol. The van der Waals surface area contributed by atoms with E-state index in [1.165, 1.54) is 0 Å². The Balaban J connectivity index is 4.15.